The fourth-order valence-electron chi connectivity index (χ4n) is 1.98. The monoisotopic (exact) mass is 218 g/mol. The minimum Gasteiger partial charge on any atom is -0.245 e. The molecule has 1 aliphatic rings. The van der Waals surface area contributed by atoms with Crippen molar-refractivity contribution in [3.63, 3.8) is 0 Å². The van der Waals surface area contributed by atoms with Gasteiger partial charge in [0.1, 0.15) is 0 Å². The molecule has 0 saturated heterocycles. The molecule has 1 aliphatic carbocycles. The second-order valence-electron chi connectivity index (χ2n) is 4.32. The highest BCUT2D eigenvalue weighted by Crippen LogP contribution is 2.15. The molecule has 0 atom stereocenters. The van der Waals surface area contributed by atoms with E-state index >= 15 is 0 Å². The van der Waals surface area contributed by atoms with Crippen molar-refractivity contribution in [3.05, 3.63) is 17.5 Å². The first-order chi connectivity index (χ1) is 7.74. The number of hydrogen-bond acceptors (Lipinski definition) is 4. The number of nitrogens with one attached hydrogen (secondary N) is 1. The van der Waals surface area contributed by atoms with Gasteiger partial charge >= 0.3 is 0 Å². The Morgan fingerprint density at radius 1 is 1.06 bits per heavy atom. The van der Waals surface area contributed by atoms with Gasteiger partial charge in [-0.3, -0.25) is 0 Å². The van der Waals surface area contributed by atoms with Crippen LogP contribution in [0.3, 0.4) is 0 Å². The van der Waals surface area contributed by atoms with E-state index in [9.17, 15) is 0 Å². The normalized spacial score (nSPS) is 16.0. The summed E-state index contributed by atoms with van der Waals surface area (Å²) < 4.78 is 0. The van der Waals surface area contributed by atoms with Crippen LogP contribution < -0.4 is 5.43 Å². The van der Waals surface area contributed by atoms with Gasteiger partial charge < -0.3 is 0 Å². The van der Waals surface area contributed by atoms with Crippen LogP contribution >= 0.6 is 0 Å². The molecule has 0 radical (unpaired) electrons. The van der Waals surface area contributed by atoms with Gasteiger partial charge in [0.2, 0.25) is 5.95 Å². The predicted octanol–water partition coefficient (Wildman–Crippen LogP) is 2.83. The molecular formula is C12H18N4. The fourth-order valence-corrected chi connectivity index (χ4v) is 1.98. The summed E-state index contributed by atoms with van der Waals surface area (Å²) in [4.78, 5) is 8.58. The Kier molecular flexibility index (Phi) is 3.49. The van der Waals surface area contributed by atoms with Crippen LogP contribution in [-0.4, -0.2) is 15.7 Å². The van der Waals surface area contributed by atoms with Gasteiger partial charge in [-0.05, 0) is 45.6 Å². The summed E-state index contributed by atoms with van der Waals surface area (Å²) in [6, 6.07) is 1.96. The summed E-state index contributed by atoms with van der Waals surface area (Å²) in [6.07, 6.45) is 6.07. The Balaban J connectivity index is 2.03. The molecule has 1 N–H and O–H groups in total. The van der Waals surface area contributed by atoms with Crippen molar-refractivity contribution in [1.29, 1.82) is 0 Å². The second kappa shape index (κ2) is 5.05. The zero-order chi connectivity index (χ0) is 11.4. The highest BCUT2D eigenvalue weighted by Gasteiger charge is 2.06. The van der Waals surface area contributed by atoms with Crippen molar-refractivity contribution in [2.45, 2.75) is 46.0 Å². The predicted molar refractivity (Wildman–Crippen MR) is 65.6 cm³/mol. The Bertz CT molecular complexity index is 370. The van der Waals surface area contributed by atoms with Crippen molar-refractivity contribution < 1.29 is 0 Å². The molecule has 1 fully saturated rings. The van der Waals surface area contributed by atoms with Gasteiger partial charge in [-0.25, -0.2) is 15.4 Å². The molecule has 0 spiro atoms. The molecule has 0 amide bonds. The van der Waals surface area contributed by atoms with E-state index < -0.39 is 0 Å². The first kappa shape index (κ1) is 11.0. The van der Waals surface area contributed by atoms with Gasteiger partial charge in [0.25, 0.3) is 0 Å². The standard InChI is InChI=1S/C12H18N4/c1-9-8-10(2)14-12(13-9)16-15-11-6-4-3-5-7-11/h8H,3-7H2,1-2H3,(H,13,14,16). The van der Waals surface area contributed by atoms with Crippen LogP contribution in [0.1, 0.15) is 43.5 Å². The van der Waals surface area contributed by atoms with Gasteiger partial charge in [-0.2, -0.15) is 5.10 Å². The smallest absolute Gasteiger partial charge is 0.243 e. The molecule has 0 aromatic carbocycles. The summed E-state index contributed by atoms with van der Waals surface area (Å²) in [6.45, 7) is 3.93. The van der Waals surface area contributed by atoms with E-state index in [1.807, 2.05) is 19.9 Å². The number of anilines is 1. The van der Waals surface area contributed by atoms with Crippen LogP contribution in [0.25, 0.3) is 0 Å². The average molecular weight is 218 g/mol. The lowest BCUT2D eigenvalue weighted by Crippen LogP contribution is -2.08. The van der Waals surface area contributed by atoms with Crippen molar-refractivity contribution in [2.24, 2.45) is 5.10 Å². The van der Waals surface area contributed by atoms with Crippen LogP contribution in [0.2, 0.25) is 0 Å². The lowest BCUT2D eigenvalue weighted by atomic mass is 9.99. The van der Waals surface area contributed by atoms with E-state index in [4.69, 9.17) is 0 Å². The summed E-state index contributed by atoms with van der Waals surface area (Å²) in [5, 5.41) is 4.38. The van der Waals surface area contributed by atoms with Gasteiger partial charge in [0.15, 0.2) is 0 Å². The van der Waals surface area contributed by atoms with Crippen LogP contribution in [0.4, 0.5) is 5.95 Å². The zero-order valence-corrected chi connectivity index (χ0v) is 9.95. The van der Waals surface area contributed by atoms with Crippen molar-refractivity contribution >= 4 is 11.7 Å². The SMILES string of the molecule is Cc1cc(C)nc(NN=C2CCCCC2)n1. The molecule has 86 valence electrons. The maximum Gasteiger partial charge on any atom is 0.243 e. The number of rotatable bonds is 2. The lowest BCUT2D eigenvalue weighted by Gasteiger charge is -2.12. The Hall–Kier alpha value is -1.45. The van der Waals surface area contributed by atoms with Gasteiger partial charge in [-0.1, -0.05) is 6.42 Å². The number of hydrazone groups is 1. The fraction of sp³-hybridized carbons (Fsp3) is 0.583. The summed E-state index contributed by atoms with van der Waals surface area (Å²) in [5.41, 5.74) is 6.15. The van der Waals surface area contributed by atoms with Crippen LogP contribution in [0, 0.1) is 13.8 Å². The topological polar surface area (TPSA) is 50.2 Å². The Morgan fingerprint density at radius 2 is 1.69 bits per heavy atom. The minimum absolute atomic E-state index is 0.607. The van der Waals surface area contributed by atoms with Crippen LogP contribution in [0.5, 0.6) is 0 Å². The van der Waals surface area contributed by atoms with E-state index in [1.165, 1.54) is 25.0 Å². The van der Waals surface area contributed by atoms with Crippen molar-refractivity contribution in [3.8, 4) is 0 Å². The molecular weight excluding hydrogens is 200 g/mol. The van der Waals surface area contributed by atoms with Crippen molar-refractivity contribution in [1.82, 2.24) is 9.97 Å². The molecule has 1 aromatic heterocycles. The van der Waals surface area contributed by atoms with E-state index in [2.05, 4.69) is 20.5 Å². The highest BCUT2D eigenvalue weighted by molar-refractivity contribution is 5.85. The first-order valence-electron chi connectivity index (χ1n) is 5.88. The van der Waals surface area contributed by atoms with Gasteiger partial charge in [0, 0.05) is 17.1 Å². The third-order valence-electron chi connectivity index (χ3n) is 2.73. The van der Waals surface area contributed by atoms with Crippen molar-refractivity contribution in [2.75, 3.05) is 5.43 Å². The molecule has 0 aliphatic heterocycles. The Labute approximate surface area is 96.2 Å². The van der Waals surface area contributed by atoms with E-state index in [0.717, 1.165) is 24.2 Å². The second-order valence-corrected chi connectivity index (χ2v) is 4.32. The zero-order valence-electron chi connectivity index (χ0n) is 9.95. The molecule has 16 heavy (non-hydrogen) atoms. The minimum atomic E-state index is 0.607. The third kappa shape index (κ3) is 3.02. The maximum absolute atomic E-state index is 4.38. The molecule has 1 saturated carbocycles. The number of hydrogen-bond donors (Lipinski definition) is 1. The lowest BCUT2D eigenvalue weighted by molar-refractivity contribution is 0.665. The molecule has 1 heterocycles. The number of nitrogens with zero attached hydrogens (tertiary/aromatic N) is 3. The highest BCUT2D eigenvalue weighted by atomic mass is 15.4. The van der Waals surface area contributed by atoms with Crippen LogP contribution in [-0.2, 0) is 0 Å². The maximum atomic E-state index is 4.38. The third-order valence-corrected chi connectivity index (χ3v) is 2.73. The largest absolute Gasteiger partial charge is 0.245 e. The summed E-state index contributed by atoms with van der Waals surface area (Å²) in [7, 11) is 0. The quantitative estimate of drug-likeness (QED) is 0.776. The van der Waals surface area contributed by atoms with E-state index in [1.54, 1.807) is 0 Å². The number of aromatic nitrogens is 2. The summed E-state index contributed by atoms with van der Waals surface area (Å²) >= 11 is 0. The average Bonchev–Trinajstić information content (AvgIpc) is 2.27. The molecule has 2 rings (SSSR count). The summed E-state index contributed by atoms with van der Waals surface area (Å²) in [5.74, 6) is 0.607. The first-order valence-corrected chi connectivity index (χ1v) is 5.88. The molecule has 0 unspecified atom stereocenters. The van der Waals surface area contributed by atoms with Gasteiger partial charge in [-0.15, -0.1) is 0 Å². The molecule has 4 heteroatoms. The molecule has 0 bridgehead atoms. The van der Waals surface area contributed by atoms with Crippen LogP contribution in [0.15, 0.2) is 11.2 Å². The molecule has 4 nitrogen and oxygen atoms in total. The Morgan fingerprint density at radius 3 is 2.31 bits per heavy atom. The van der Waals surface area contributed by atoms with E-state index in [0.29, 0.717) is 5.95 Å². The van der Waals surface area contributed by atoms with Gasteiger partial charge in [0.05, 0.1) is 0 Å². The van der Waals surface area contributed by atoms with E-state index in [-0.39, 0.29) is 0 Å². The molecule has 1 aromatic rings. The number of aryl methyl sites for hydroxylation is 2.